The minimum absolute atomic E-state index is 2.42. The second-order valence-electron chi connectivity index (χ2n) is 0. The zero-order valence-electron chi connectivity index (χ0n) is 1.39. The Hall–Kier alpha value is 1.35. The molecule has 0 aromatic rings. The van der Waals surface area contributed by atoms with Crippen molar-refractivity contribution in [3.8, 4) is 0 Å². The molecule has 0 saturated carbocycles. The topological polar surface area (TPSA) is 17.1 Å². The van der Waals surface area contributed by atoms with Crippen molar-refractivity contribution in [1.29, 1.82) is 0 Å². The van der Waals surface area contributed by atoms with Crippen molar-refractivity contribution in [3.05, 3.63) is 0 Å². The van der Waals surface area contributed by atoms with Crippen molar-refractivity contribution in [1.82, 2.24) is 0 Å². The van der Waals surface area contributed by atoms with Crippen LogP contribution < -0.4 is 0 Å². The van der Waals surface area contributed by atoms with E-state index < -0.39 is 0 Å². The summed E-state index contributed by atoms with van der Waals surface area (Å²) < 4.78 is 7.81. The third kappa shape index (κ3) is 10.2. The third-order valence-electron chi connectivity index (χ3n) is 0. The molecule has 4 heteroatoms. The summed E-state index contributed by atoms with van der Waals surface area (Å²) >= 11 is 5.36. The molecule has 0 heterocycles. The quantitative estimate of drug-likeness (QED) is 0.548. The number of halogens is 1. The van der Waals surface area contributed by atoms with Crippen LogP contribution in [0.2, 0.25) is 0 Å². The van der Waals surface area contributed by atoms with Gasteiger partial charge in [0.05, 0.1) is 0 Å². The molecule has 1 nitrogen and oxygen atoms in total. The molecule has 0 spiro atoms. The van der Waals surface area contributed by atoms with Crippen LogP contribution in [0.15, 0.2) is 0 Å². The van der Waals surface area contributed by atoms with Gasteiger partial charge in [-0.1, -0.05) is 0 Å². The van der Waals surface area contributed by atoms with E-state index in [0.29, 0.717) is 0 Å². The van der Waals surface area contributed by atoms with Gasteiger partial charge in [0, 0.05) is 0 Å². The first-order valence-electron chi connectivity index (χ1n) is 0.237. The molecular weight excluding hydrogens is 223 g/mol. The van der Waals surface area contributed by atoms with Gasteiger partial charge in [-0.15, -0.1) is 0 Å². The van der Waals surface area contributed by atoms with Crippen LogP contribution in [0.3, 0.4) is 0 Å². The molecule has 0 fully saturated rings. The molecular formula is AgClCuO. The van der Waals surface area contributed by atoms with Crippen LogP contribution in [0, 0.1) is 0 Å². The molecule has 4 heavy (non-hydrogen) atoms. The summed E-state index contributed by atoms with van der Waals surface area (Å²) in [6, 6.07) is 0. The zero-order chi connectivity index (χ0) is 4.00. The molecule has 0 aromatic heterocycles. The first-order chi connectivity index (χ1) is 2.00. The predicted octanol–water partition coefficient (Wildman–Crippen LogP) is 0.566. The summed E-state index contributed by atoms with van der Waals surface area (Å²) in [4.78, 5) is 0. The molecule has 35 valence electrons. The molecule has 0 N–H and O–H groups in total. The minimum atomic E-state index is 2.42. The molecule has 0 amide bonds. The molecule has 0 aliphatic rings. The van der Waals surface area contributed by atoms with Gasteiger partial charge in [0.2, 0.25) is 0 Å². The van der Waals surface area contributed by atoms with Gasteiger partial charge in [-0.2, -0.15) is 0 Å². The van der Waals surface area contributed by atoms with Crippen molar-refractivity contribution in [2.75, 3.05) is 0 Å². The van der Waals surface area contributed by atoms with E-state index in [1.807, 2.05) is 0 Å². The van der Waals surface area contributed by atoms with Gasteiger partial charge in [0.15, 0.2) is 0 Å². The SMILES string of the molecule is [Cl][Ag].[O]=[Cu]. The van der Waals surface area contributed by atoms with Gasteiger partial charge in [-0.25, -0.2) is 0 Å². The van der Waals surface area contributed by atoms with Crippen molar-refractivity contribution >= 4 is 9.19 Å². The fourth-order valence-electron chi connectivity index (χ4n) is 0. The first-order valence-corrected chi connectivity index (χ1v) is 2.53. The summed E-state index contributed by atoms with van der Waals surface area (Å²) in [5, 5.41) is 0. The molecule has 0 aliphatic heterocycles. The Balaban J connectivity index is 0. The molecule has 0 saturated heterocycles. The van der Waals surface area contributed by atoms with Crippen molar-refractivity contribution in [2.24, 2.45) is 0 Å². The molecule has 0 aliphatic carbocycles. The van der Waals surface area contributed by atoms with Crippen LogP contribution in [-0.4, -0.2) is 0 Å². The third-order valence-corrected chi connectivity index (χ3v) is 0. The Labute approximate surface area is 48.9 Å². The van der Waals surface area contributed by atoms with E-state index >= 15 is 0 Å². The van der Waals surface area contributed by atoms with Crippen molar-refractivity contribution < 1.29 is 39.8 Å². The number of rotatable bonds is 0. The molecule has 0 aromatic carbocycles. The summed E-state index contributed by atoms with van der Waals surface area (Å²) in [5.41, 5.74) is 0. The van der Waals surface area contributed by atoms with Crippen LogP contribution in [0.25, 0.3) is 0 Å². The fraction of sp³-hybridized carbons (Fsp3) is 0. The van der Waals surface area contributed by atoms with Crippen LogP contribution in [-0.2, 0) is 39.8 Å². The summed E-state index contributed by atoms with van der Waals surface area (Å²) in [5.74, 6) is 0. The van der Waals surface area contributed by atoms with Crippen LogP contribution in [0.1, 0.15) is 0 Å². The van der Waals surface area contributed by atoms with E-state index in [1.165, 1.54) is 0 Å². The van der Waals surface area contributed by atoms with E-state index in [0.717, 1.165) is 0 Å². The summed E-state index contributed by atoms with van der Waals surface area (Å²) in [7, 11) is 4.45. The Morgan fingerprint density at radius 3 is 1.50 bits per heavy atom. The van der Waals surface area contributed by atoms with Crippen molar-refractivity contribution in [3.63, 3.8) is 0 Å². The number of hydrogen-bond acceptors (Lipinski definition) is 1. The summed E-state index contributed by atoms with van der Waals surface area (Å²) in [6.07, 6.45) is 0. The average molecular weight is 223 g/mol. The van der Waals surface area contributed by atoms with Gasteiger partial charge < -0.3 is 0 Å². The molecule has 0 unspecified atom stereocenters. The molecule has 0 rings (SSSR count). The monoisotopic (exact) mass is 221 g/mol. The second-order valence-corrected chi connectivity index (χ2v) is 0. The standard InChI is InChI=1S/Ag.ClH.Cu.O/h;1H;;/q+1;;;/p-1. The molecule has 0 atom stereocenters. The maximum absolute atomic E-state index is 7.81. The van der Waals surface area contributed by atoms with E-state index in [9.17, 15) is 0 Å². The van der Waals surface area contributed by atoms with Gasteiger partial charge in [-0.3, -0.25) is 0 Å². The van der Waals surface area contributed by atoms with E-state index in [2.05, 4.69) is 45.1 Å². The summed E-state index contributed by atoms with van der Waals surface area (Å²) in [6.45, 7) is 0. The van der Waals surface area contributed by atoms with Crippen LogP contribution in [0.5, 0.6) is 0 Å². The zero-order valence-corrected chi connectivity index (χ0v) is 4.57. The van der Waals surface area contributed by atoms with E-state index in [1.54, 1.807) is 0 Å². The van der Waals surface area contributed by atoms with Gasteiger partial charge >= 0.3 is 49.0 Å². The molecule has 0 bridgehead atoms. The van der Waals surface area contributed by atoms with Gasteiger partial charge in [0.25, 0.3) is 0 Å². The number of hydrogen-bond donors (Lipinski definition) is 0. The van der Waals surface area contributed by atoms with E-state index in [4.69, 9.17) is 3.83 Å². The Morgan fingerprint density at radius 1 is 1.50 bits per heavy atom. The Bertz CT molecular complexity index is 8.00. The van der Waals surface area contributed by atoms with Gasteiger partial charge in [-0.05, 0) is 0 Å². The first kappa shape index (κ1) is 9.02. The van der Waals surface area contributed by atoms with Gasteiger partial charge in [0.1, 0.15) is 0 Å². The average Bonchev–Trinajstić information content (AvgIpc) is 1.50. The van der Waals surface area contributed by atoms with Crippen molar-refractivity contribution in [2.45, 2.75) is 0 Å². The Morgan fingerprint density at radius 2 is 1.50 bits per heavy atom. The normalized spacial score (nSPS) is 3.25. The van der Waals surface area contributed by atoms with Crippen LogP contribution in [0.4, 0.5) is 0 Å². The predicted molar refractivity (Wildman–Crippen MR) is 6.54 cm³/mol. The fourth-order valence-corrected chi connectivity index (χ4v) is 0. The second kappa shape index (κ2) is 26.8. The molecule has 0 radical (unpaired) electrons. The van der Waals surface area contributed by atoms with E-state index in [-0.39, 0.29) is 0 Å². The van der Waals surface area contributed by atoms with Crippen LogP contribution >= 0.6 is 9.19 Å². The Kier molecular flexibility index (Phi) is 60.4. The maximum atomic E-state index is 7.81.